The number of ether oxygens (including phenoxy) is 1. The summed E-state index contributed by atoms with van der Waals surface area (Å²) >= 11 is 0. The summed E-state index contributed by atoms with van der Waals surface area (Å²) < 4.78 is 59.2. The first-order valence-corrected chi connectivity index (χ1v) is 13.8. The van der Waals surface area contributed by atoms with Crippen molar-refractivity contribution in [1.29, 1.82) is 0 Å². The predicted octanol–water partition coefficient (Wildman–Crippen LogP) is 3.98. The maximum absolute atomic E-state index is 12.9. The van der Waals surface area contributed by atoms with Crippen LogP contribution >= 0.6 is 0 Å². The zero-order valence-electron chi connectivity index (χ0n) is 21.2. The Balaban J connectivity index is 1.42. The summed E-state index contributed by atoms with van der Waals surface area (Å²) in [6.07, 6.45) is 5.04. The number of aromatic nitrogens is 1. The number of halogens is 2. The number of carbonyl (C=O) groups is 1. The molecule has 0 bridgehead atoms. The number of rotatable bonds is 6. The van der Waals surface area contributed by atoms with E-state index in [0.717, 1.165) is 76.7 Å². The molecular weight excluding hydrogens is 516 g/mol. The monoisotopic (exact) mass is 545 g/mol. The lowest BCUT2D eigenvalue weighted by Gasteiger charge is -2.31. The fraction of sp³-hybridized carbons (Fsp3) is 0.385. The van der Waals surface area contributed by atoms with Gasteiger partial charge in [0.25, 0.3) is 6.08 Å². The Labute approximate surface area is 220 Å². The molecule has 1 saturated heterocycles. The number of fused-ring (bicyclic) bond motifs is 1. The maximum Gasteiger partial charge on any atom is 0.333 e. The van der Waals surface area contributed by atoms with E-state index in [1.165, 1.54) is 0 Å². The average molecular weight is 546 g/mol. The highest BCUT2D eigenvalue weighted by Gasteiger charge is 2.35. The first-order valence-electron chi connectivity index (χ1n) is 12.4. The summed E-state index contributed by atoms with van der Waals surface area (Å²) in [5, 5.41) is 2.75. The summed E-state index contributed by atoms with van der Waals surface area (Å²) in [5.41, 5.74) is 4.74. The van der Waals surface area contributed by atoms with Crippen molar-refractivity contribution in [3.8, 4) is 17.0 Å². The van der Waals surface area contributed by atoms with Gasteiger partial charge in [-0.05, 0) is 67.6 Å². The lowest BCUT2D eigenvalue weighted by atomic mass is 9.93. The summed E-state index contributed by atoms with van der Waals surface area (Å²) in [4.78, 5) is 19.4. The molecule has 9 nitrogen and oxygen atoms in total. The quantitative estimate of drug-likeness (QED) is 0.569. The molecule has 0 unspecified atom stereocenters. The molecule has 2 amide bonds. The van der Waals surface area contributed by atoms with Gasteiger partial charge >= 0.3 is 16.2 Å². The smallest absolute Gasteiger partial charge is 0.333 e. The molecule has 1 aromatic carbocycles. The zero-order valence-corrected chi connectivity index (χ0v) is 22.0. The first kappa shape index (κ1) is 26.3. The van der Waals surface area contributed by atoms with Gasteiger partial charge in [-0.15, -0.1) is 0 Å². The minimum absolute atomic E-state index is 0.263. The van der Waals surface area contributed by atoms with Crippen LogP contribution < -0.4 is 14.8 Å². The number of hydrogen-bond acceptors (Lipinski definition) is 6. The van der Waals surface area contributed by atoms with Crippen molar-refractivity contribution in [2.24, 2.45) is 0 Å². The normalized spacial score (nSPS) is 17.9. The highest BCUT2D eigenvalue weighted by molar-refractivity contribution is 7.87. The third-order valence-electron chi connectivity index (χ3n) is 7.03. The number of benzene rings is 1. The number of hydrogen-bond donors (Lipinski definition) is 2. The van der Waals surface area contributed by atoms with Gasteiger partial charge in [0.15, 0.2) is 0 Å². The molecule has 12 heteroatoms. The van der Waals surface area contributed by atoms with Crippen molar-refractivity contribution in [1.82, 2.24) is 18.9 Å². The summed E-state index contributed by atoms with van der Waals surface area (Å²) in [5.74, 6) is 1.27. The van der Waals surface area contributed by atoms with E-state index >= 15 is 0 Å². The van der Waals surface area contributed by atoms with E-state index in [9.17, 15) is 22.0 Å². The molecule has 2 aliphatic heterocycles. The van der Waals surface area contributed by atoms with E-state index < -0.39 is 35.4 Å². The maximum atomic E-state index is 12.9. The van der Waals surface area contributed by atoms with Crippen molar-refractivity contribution in [3.05, 3.63) is 64.6 Å². The van der Waals surface area contributed by atoms with E-state index in [4.69, 9.17) is 4.74 Å². The Bertz CT molecular complexity index is 1450. The van der Waals surface area contributed by atoms with Crippen LogP contribution in [0.25, 0.3) is 11.1 Å². The second-order valence-corrected chi connectivity index (χ2v) is 11.5. The van der Waals surface area contributed by atoms with Gasteiger partial charge in [0.05, 0.1) is 5.69 Å². The molecule has 0 saturated carbocycles. The lowest BCUT2D eigenvalue weighted by molar-refractivity contribution is 0.255. The molecule has 5 rings (SSSR count). The lowest BCUT2D eigenvalue weighted by Crippen LogP contribution is -2.52. The number of carbonyl (C=O) groups excluding carboxylic acids is 1. The van der Waals surface area contributed by atoms with Crippen LogP contribution in [0.3, 0.4) is 0 Å². The molecule has 3 aliphatic rings. The van der Waals surface area contributed by atoms with Crippen molar-refractivity contribution in [2.75, 3.05) is 38.5 Å². The number of anilines is 1. The number of aryl methyl sites for hydroxylation is 2. The molecule has 1 aliphatic carbocycles. The topological polar surface area (TPSA) is 104 Å². The van der Waals surface area contributed by atoms with Crippen molar-refractivity contribution in [2.45, 2.75) is 32.6 Å². The van der Waals surface area contributed by atoms with Gasteiger partial charge in [-0.2, -0.15) is 21.5 Å². The van der Waals surface area contributed by atoms with Gasteiger partial charge in [0, 0.05) is 56.0 Å². The fourth-order valence-electron chi connectivity index (χ4n) is 4.99. The number of nitrogens with zero attached hydrogens (tertiary/aromatic N) is 3. The number of urea groups is 1. The van der Waals surface area contributed by atoms with Gasteiger partial charge in [-0.1, -0.05) is 6.07 Å². The van der Waals surface area contributed by atoms with Crippen LogP contribution in [-0.2, 0) is 23.1 Å². The summed E-state index contributed by atoms with van der Waals surface area (Å²) in [6.45, 7) is 2.74. The van der Waals surface area contributed by atoms with Gasteiger partial charge in [-0.25, -0.2) is 14.5 Å². The van der Waals surface area contributed by atoms with Gasteiger partial charge in [0.2, 0.25) is 5.88 Å². The molecular formula is C26H29F2N5O4S. The highest BCUT2D eigenvalue weighted by atomic mass is 32.2. The van der Waals surface area contributed by atoms with Crippen LogP contribution in [0, 0.1) is 6.92 Å². The van der Waals surface area contributed by atoms with Crippen molar-refractivity contribution in [3.63, 3.8) is 0 Å². The van der Waals surface area contributed by atoms with Crippen LogP contribution in [0.5, 0.6) is 5.88 Å². The van der Waals surface area contributed by atoms with Crippen LogP contribution in [0.2, 0.25) is 0 Å². The molecule has 0 atom stereocenters. The van der Waals surface area contributed by atoms with E-state index in [1.54, 1.807) is 6.20 Å². The zero-order chi connectivity index (χ0) is 27.0. The second kappa shape index (κ2) is 10.4. The minimum atomic E-state index is -4.27. The van der Waals surface area contributed by atoms with Gasteiger partial charge in [0.1, 0.15) is 5.76 Å². The SMILES string of the molecule is Cc1cc2c(c(NC(=O)NS(=O)(=O)N3CC(=C(F)F)C3)c1-c1ccnc(OC3=CCN(C)CC3)c1)CCC2. The van der Waals surface area contributed by atoms with E-state index in [1.807, 2.05) is 36.9 Å². The summed E-state index contributed by atoms with van der Waals surface area (Å²) in [7, 11) is -2.23. The van der Waals surface area contributed by atoms with E-state index in [0.29, 0.717) is 11.6 Å². The Kier molecular flexibility index (Phi) is 7.21. The van der Waals surface area contributed by atoms with Gasteiger partial charge in [-0.3, -0.25) is 0 Å². The minimum Gasteiger partial charge on any atom is -0.444 e. The molecule has 3 heterocycles. The third kappa shape index (κ3) is 5.42. The highest BCUT2D eigenvalue weighted by Crippen LogP contribution is 2.41. The first-order chi connectivity index (χ1) is 18.1. The predicted molar refractivity (Wildman–Crippen MR) is 139 cm³/mol. The largest absolute Gasteiger partial charge is 0.444 e. The molecule has 0 spiro atoms. The fourth-order valence-corrected chi connectivity index (χ4v) is 6.06. The average Bonchev–Trinajstić information content (AvgIpc) is 3.27. The molecule has 202 valence electrons. The Hall–Kier alpha value is -3.35. The van der Waals surface area contributed by atoms with Crippen molar-refractivity contribution < 1.29 is 26.7 Å². The van der Waals surface area contributed by atoms with Crippen LogP contribution in [0.4, 0.5) is 19.3 Å². The molecule has 38 heavy (non-hydrogen) atoms. The van der Waals surface area contributed by atoms with E-state index in [2.05, 4.69) is 21.3 Å². The van der Waals surface area contributed by atoms with E-state index in [-0.39, 0.29) is 5.57 Å². The molecule has 0 radical (unpaired) electrons. The Morgan fingerprint density at radius 3 is 2.66 bits per heavy atom. The number of amides is 2. The molecule has 2 aromatic rings. The standard InChI is InChI=1S/C26H29F2N5O4S/c1-16-12-17-4-3-5-21(17)24(30-26(34)31-38(35,36)33-14-19(15-33)25(27)28)23(16)18-6-9-29-22(13-18)37-20-7-10-32(2)11-8-20/h6-7,9,12-13H,3-5,8,10-11,14-15H2,1-2H3,(H2,30,31,34). The molecule has 1 fully saturated rings. The number of nitrogens with one attached hydrogen (secondary N) is 2. The van der Waals surface area contributed by atoms with Crippen molar-refractivity contribution >= 4 is 21.9 Å². The van der Waals surface area contributed by atoms with Gasteiger partial charge < -0.3 is 15.0 Å². The number of likely N-dealkylation sites (N-methyl/N-ethyl adjacent to an activating group) is 1. The molecule has 2 N–H and O–H groups in total. The van der Waals surface area contributed by atoms with Crippen LogP contribution in [-0.4, -0.2) is 61.9 Å². The second-order valence-electron chi connectivity index (χ2n) is 9.80. The Morgan fingerprint density at radius 2 is 1.95 bits per heavy atom. The third-order valence-corrected chi connectivity index (χ3v) is 8.41. The summed E-state index contributed by atoms with van der Waals surface area (Å²) in [6, 6.07) is 4.77. The number of pyridine rings is 1. The molecule has 1 aromatic heterocycles. The van der Waals surface area contributed by atoms with Crippen LogP contribution in [0.15, 0.2) is 47.9 Å². The Morgan fingerprint density at radius 1 is 1.16 bits per heavy atom. The van der Waals surface area contributed by atoms with Crippen LogP contribution in [0.1, 0.15) is 29.5 Å².